The van der Waals surface area contributed by atoms with Gasteiger partial charge in [-0.15, -0.1) is 0 Å². The lowest BCUT2D eigenvalue weighted by Crippen LogP contribution is -2.23. The molecule has 0 aromatic carbocycles. The third-order valence-electron chi connectivity index (χ3n) is 2.68. The Bertz CT molecular complexity index is 280. The fourth-order valence-corrected chi connectivity index (χ4v) is 1.67. The third-order valence-corrected chi connectivity index (χ3v) is 2.68. The van der Waals surface area contributed by atoms with Gasteiger partial charge in [-0.1, -0.05) is 39.0 Å². The van der Waals surface area contributed by atoms with Gasteiger partial charge in [0.2, 0.25) is 0 Å². The molecule has 0 unspecified atom stereocenters. The summed E-state index contributed by atoms with van der Waals surface area (Å²) >= 11 is 0. The Balaban J connectivity index is 1.97. The molecule has 0 aliphatic heterocycles. The molecule has 0 saturated carbocycles. The zero-order chi connectivity index (χ0) is 11.6. The Morgan fingerprint density at radius 1 is 1.25 bits per heavy atom. The third kappa shape index (κ3) is 5.01. The Morgan fingerprint density at radius 2 is 2.00 bits per heavy atom. The summed E-state index contributed by atoms with van der Waals surface area (Å²) in [5.74, 6) is 0.0230. The van der Waals surface area contributed by atoms with Gasteiger partial charge in [0.05, 0.1) is 5.56 Å². The summed E-state index contributed by atoms with van der Waals surface area (Å²) in [7, 11) is 0. The van der Waals surface area contributed by atoms with Crippen molar-refractivity contribution in [3.8, 4) is 0 Å². The van der Waals surface area contributed by atoms with Gasteiger partial charge in [-0.3, -0.25) is 4.79 Å². The summed E-state index contributed by atoms with van der Waals surface area (Å²) in [5, 5.41) is 2.92. The van der Waals surface area contributed by atoms with Crippen LogP contribution in [0.2, 0.25) is 0 Å². The monoisotopic (exact) mass is 222 g/mol. The normalized spacial score (nSPS) is 10.3. The van der Waals surface area contributed by atoms with Crippen molar-refractivity contribution in [1.29, 1.82) is 0 Å². The molecule has 90 valence electrons. The predicted octanol–water partition coefficient (Wildman–Crippen LogP) is 3.11. The van der Waals surface area contributed by atoms with Gasteiger partial charge in [0.25, 0.3) is 5.91 Å². The van der Waals surface area contributed by atoms with Crippen molar-refractivity contribution in [3.05, 3.63) is 24.0 Å². The summed E-state index contributed by atoms with van der Waals surface area (Å²) < 4.78 is 0. The number of rotatable bonds is 8. The lowest BCUT2D eigenvalue weighted by Gasteiger charge is -2.03. The highest BCUT2D eigenvalue weighted by Gasteiger charge is 2.03. The fourth-order valence-electron chi connectivity index (χ4n) is 1.67. The van der Waals surface area contributed by atoms with E-state index in [4.69, 9.17) is 0 Å². The van der Waals surface area contributed by atoms with Gasteiger partial charge in [-0.25, -0.2) is 0 Å². The standard InChI is InChI=1S/C13H22N2O/c1-2-3-4-5-6-7-9-15-13(16)12-8-10-14-11-12/h8,10-11,14H,2-7,9H2,1H3,(H,15,16). The Kier molecular flexibility index (Phi) is 6.38. The molecule has 1 amide bonds. The van der Waals surface area contributed by atoms with Crippen molar-refractivity contribution >= 4 is 5.91 Å². The number of H-pyrrole nitrogens is 1. The van der Waals surface area contributed by atoms with Crippen LogP contribution in [0, 0.1) is 0 Å². The van der Waals surface area contributed by atoms with E-state index in [9.17, 15) is 4.79 Å². The molecule has 0 fully saturated rings. The summed E-state index contributed by atoms with van der Waals surface area (Å²) in [5.41, 5.74) is 0.714. The van der Waals surface area contributed by atoms with Gasteiger partial charge in [0.15, 0.2) is 0 Å². The number of aromatic nitrogens is 1. The number of hydrogen-bond acceptors (Lipinski definition) is 1. The van der Waals surface area contributed by atoms with Crippen molar-refractivity contribution in [2.75, 3.05) is 6.54 Å². The minimum atomic E-state index is 0.0230. The molecule has 3 heteroatoms. The van der Waals surface area contributed by atoms with Crippen molar-refractivity contribution in [2.24, 2.45) is 0 Å². The molecule has 0 spiro atoms. The van der Waals surface area contributed by atoms with E-state index in [1.807, 2.05) is 0 Å². The summed E-state index contributed by atoms with van der Waals surface area (Å²) in [6.07, 6.45) is 11.0. The second kappa shape index (κ2) is 7.97. The molecule has 1 heterocycles. The summed E-state index contributed by atoms with van der Waals surface area (Å²) in [6, 6.07) is 1.79. The van der Waals surface area contributed by atoms with Gasteiger partial charge in [0, 0.05) is 18.9 Å². The number of carbonyl (C=O) groups is 1. The Hall–Kier alpha value is -1.25. The van der Waals surface area contributed by atoms with Crippen LogP contribution in [0.15, 0.2) is 18.5 Å². The van der Waals surface area contributed by atoms with Crippen LogP contribution in [0.25, 0.3) is 0 Å². The number of unbranched alkanes of at least 4 members (excludes halogenated alkanes) is 5. The number of aromatic amines is 1. The Morgan fingerprint density at radius 3 is 2.69 bits per heavy atom. The average molecular weight is 222 g/mol. The topological polar surface area (TPSA) is 44.9 Å². The molecular formula is C13H22N2O. The molecule has 1 aromatic rings. The molecule has 0 aliphatic rings. The number of carbonyl (C=O) groups excluding carboxylic acids is 1. The van der Waals surface area contributed by atoms with Crippen LogP contribution >= 0.6 is 0 Å². The van der Waals surface area contributed by atoms with Crippen LogP contribution < -0.4 is 5.32 Å². The molecule has 1 aromatic heterocycles. The van der Waals surface area contributed by atoms with E-state index in [-0.39, 0.29) is 5.91 Å². The maximum Gasteiger partial charge on any atom is 0.252 e. The first-order valence-corrected chi connectivity index (χ1v) is 6.25. The molecule has 16 heavy (non-hydrogen) atoms. The van der Waals surface area contributed by atoms with E-state index in [1.165, 1.54) is 32.1 Å². The first kappa shape index (κ1) is 12.8. The minimum absolute atomic E-state index is 0.0230. The number of hydrogen-bond donors (Lipinski definition) is 2. The maximum atomic E-state index is 11.5. The minimum Gasteiger partial charge on any atom is -0.367 e. The highest BCUT2D eigenvalue weighted by molar-refractivity contribution is 5.93. The highest BCUT2D eigenvalue weighted by Crippen LogP contribution is 2.04. The molecule has 0 aliphatic carbocycles. The number of nitrogens with one attached hydrogen (secondary N) is 2. The van der Waals surface area contributed by atoms with Crippen molar-refractivity contribution in [3.63, 3.8) is 0 Å². The molecule has 3 nitrogen and oxygen atoms in total. The van der Waals surface area contributed by atoms with Crippen LogP contribution in [0.5, 0.6) is 0 Å². The molecular weight excluding hydrogens is 200 g/mol. The second-order valence-electron chi connectivity index (χ2n) is 4.12. The van der Waals surface area contributed by atoms with Crippen LogP contribution in [-0.2, 0) is 0 Å². The zero-order valence-corrected chi connectivity index (χ0v) is 10.1. The largest absolute Gasteiger partial charge is 0.367 e. The first-order valence-electron chi connectivity index (χ1n) is 6.25. The maximum absolute atomic E-state index is 11.5. The second-order valence-corrected chi connectivity index (χ2v) is 4.12. The SMILES string of the molecule is CCCCCCCCNC(=O)c1cc[nH]c1. The van der Waals surface area contributed by atoms with E-state index < -0.39 is 0 Å². The van der Waals surface area contributed by atoms with Crippen molar-refractivity contribution in [2.45, 2.75) is 45.4 Å². The van der Waals surface area contributed by atoms with Crippen LogP contribution in [0.1, 0.15) is 55.8 Å². The lowest BCUT2D eigenvalue weighted by molar-refractivity contribution is 0.0953. The van der Waals surface area contributed by atoms with Crippen LogP contribution in [0.4, 0.5) is 0 Å². The summed E-state index contributed by atoms with van der Waals surface area (Å²) in [4.78, 5) is 14.4. The van der Waals surface area contributed by atoms with E-state index >= 15 is 0 Å². The van der Waals surface area contributed by atoms with E-state index in [1.54, 1.807) is 18.5 Å². The number of amides is 1. The molecule has 0 atom stereocenters. The lowest BCUT2D eigenvalue weighted by atomic mass is 10.1. The quantitative estimate of drug-likeness (QED) is 0.652. The fraction of sp³-hybridized carbons (Fsp3) is 0.615. The van der Waals surface area contributed by atoms with Gasteiger partial charge in [-0.2, -0.15) is 0 Å². The average Bonchev–Trinajstić information content (AvgIpc) is 2.81. The van der Waals surface area contributed by atoms with Gasteiger partial charge < -0.3 is 10.3 Å². The zero-order valence-electron chi connectivity index (χ0n) is 10.1. The first-order chi connectivity index (χ1) is 7.84. The predicted molar refractivity (Wildman–Crippen MR) is 66.5 cm³/mol. The van der Waals surface area contributed by atoms with E-state index in [0.29, 0.717) is 5.56 Å². The van der Waals surface area contributed by atoms with E-state index in [0.717, 1.165) is 13.0 Å². The van der Waals surface area contributed by atoms with Crippen molar-refractivity contribution in [1.82, 2.24) is 10.3 Å². The molecule has 1 rings (SSSR count). The summed E-state index contributed by atoms with van der Waals surface area (Å²) in [6.45, 7) is 3.01. The smallest absolute Gasteiger partial charge is 0.252 e. The van der Waals surface area contributed by atoms with Crippen LogP contribution in [0.3, 0.4) is 0 Å². The molecule has 0 bridgehead atoms. The van der Waals surface area contributed by atoms with Gasteiger partial charge in [0.1, 0.15) is 0 Å². The highest BCUT2D eigenvalue weighted by atomic mass is 16.1. The molecule has 0 saturated heterocycles. The van der Waals surface area contributed by atoms with Crippen LogP contribution in [-0.4, -0.2) is 17.4 Å². The van der Waals surface area contributed by atoms with Crippen molar-refractivity contribution < 1.29 is 4.79 Å². The van der Waals surface area contributed by atoms with E-state index in [2.05, 4.69) is 17.2 Å². The van der Waals surface area contributed by atoms with Gasteiger partial charge >= 0.3 is 0 Å². The van der Waals surface area contributed by atoms with Gasteiger partial charge in [-0.05, 0) is 12.5 Å². The Labute approximate surface area is 97.6 Å². The molecule has 0 radical (unpaired) electrons. The molecule has 2 N–H and O–H groups in total.